The van der Waals surface area contributed by atoms with Crippen LogP contribution in [-0.2, 0) is 9.59 Å². The van der Waals surface area contributed by atoms with Gasteiger partial charge in [-0.1, -0.05) is 17.7 Å². The molecule has 0 aliphatic carbocycles. The standard InChI is InChI=1S/C12H13ClN2O2/c1-7-8(13)3-2-4-10(7)15-11(16)6-5-9(14)12(15)17/h2-4,9H,5-6,14H2,1H3. The van der Waals surface area contributed by atoms with E-state index in [0.717, 1.165) is 4.90 Å². The van der Waals surface area contributed by atoms with E-state index in [1.54, 1.807) is 25.1 Å². The Bertz CT molecular complexity index is 487. The Kier molecular flexibility index (Phi) is 3.17. The number of carbonyl (C=O) groups is 2. The third kappa shape index (κ3) is 2.06. The average molecular weight is 253 g/mol. The van der Waals surface area contributed by atoms with Gasteiger partial charge in [0, 0.05) is 11.4 Å². The first-order valence-electron chi connectivity index (χ1n) is 5.40. The zero-order valence-corrected chi connectivity index (χ0v) is 10.2. The maximum Gasteiger partial charge on any atom is 0.250 e. The average Bonchev–Trinajstić information content (AvgIpc) is 2.30. The molecule has 1 saturated heterocycles. The van der Waals surface area contributed by atoms with E-state index >= 15 is 0 Å². The monoisotopic (exact) mass is 252 g/mol. The third-order valence-corrected chi connectivity index (χ3v) is 3.35. The SMILES string of the molecule is Cc1c(Cl)cccc1N1C(=O)CCC(N)C1=O. The number of anilines is 1. The number of benzene rings is 1. The van der Waals surface area contributed by atoms with Crippen molar-refractivity contribution < 1.29 is 9.59 Å². The normalized spacial score (nSPS) is 20.9. The summed E-state index contributed by atoms with van der Waals surface area (Å²) in [6, 6.07) is 4.53. The fourth-order valence-electron chi connectivity index (χ4n) is 1.89. The van der Waals surface area contributed by atoms with Crippen LogP contribution in [0.4, 0.5) is 5.69 Å². The van der Waals surface area contributed by atoms with Crippen LogP contribution in [0.5, 0.6) is 0 Å². The van der Waals surface area contributed by atoms with Gasteiger partial charge in [-0.25, -0.2) is 4.90 Å². The molecule has 2 amide bonds. The van der Waals surface area contributed by atoms with Gasteiger partial charge in [0.25, 0.3) is 5.91 Å². The predicted molar refractivity (Wildman–Crippen MR) is 65.9 cm³/mol. The molecule has 0 saturated carbocycles. The second-order valence-corrected chi connectivity index (χ2v) is 4.50. The molecule has 2 rings (SSSR count). The van der Waals surface area contributed by atoms with Crippen molar-refractivity contribution >= 4 is 29.1 Å². The minimum atomic E-state index is -0.605. The molecular weight excluding hydrogens is 240 g/mol. The van der Waals surface area contributed by atoms with E-state index < -0.39 is 6.04 Å². The number of imide groups is 1. The molecule has 0 spiro atoms. The van der Waals surface area contributed by atoms with Gasteiger partial charge in [0.1, 0.15) is 0 Å². The summed E-state index contributed by atoms with van der Waals surface area (Å²) in [5.41, 5.74) is 6.92. The van der Waals surface area contributed by atoms with Crippen LogP contribution in [0.3, 0.4) is 0 Å². The molecule has 0 radical (unpaired) electrons. The van der Waals surface area contributed by atoms with Gasteiger partial charge in [-0.3, -0.25) is 9.59 Å². The van der Waals surface area contributed by atoms with E-state index in [9.17, 15) is 9.59 Å². The molecule has 1 fully saturated rings. The molecule has 1 aliphatic heterocycles. The van der Waals surface area contributed by atoms with Crippen molar-refractivity contribution in [1.82, 2.24) is 0 Å². The molecule has 1 aromatic carbocycles. The Morgan fingerprint density at radius 1 is 1.41 bits per heavy atom. The van der Waals surface area contributed by atoms with Gasteiger partial charge in [-0.15, -0.1) is 0 Å². The van der Waals surface area contributed by atoms with Gasteiger partial charge in [-0.05, 0) is 31.0 Å². The zero-order valence-electron chi connectivity index (χ0n) is 9.44. The molecule has 90 valence electrons. The summed E-state index contributed by atoms with van der Waals surface area (Å²) in [5, 5.41) is 0.530. The molecule has 1 heterocycles. The number of nitrogens with two attached hydrogens (primary N) is 1. The molecule has 5 heteroatoms. The molecule has 4 nitrogen and oxygen atoms in total. The zero-order chi connectivity index (χ0) is 12.6. The van der Waals surface area contributed by atoms with Crippen LogP contribution in [0.2, 0.25) is 5.02 Å². The lowest BCUT2D eigenvalue weighted by molar-refractivity contribution is -0.130. The Hall–Kier alpha value is -1.39. The highest BCUT2D eigenvalue weighted by atomic mass is 35.5. The molecule has 17 heavy (non-hydrogen) atoms. The van der Waals surface area contributed by atoms with Crippen LogP contribution >= 0.6 is 11.6 Å². The van der Waals surface area contributed by atoms with Crippen molar-refractivity contribution in [3.05, 3.63) is 28.8 Å². The van der Waals surface area contributed by atoms with E-state index in [0.29, 0.717) is 29.1 Å². The van der Waals surface area contributed by atoms with Crippen molar-refractivity contribution in [2.24, 2.45) is 5.73 Å². The van der Waals surface area contributed by atoms with E-state index in [1.807, 2.05) is 0 Å². The smallest absolute Gasteiger partial charge is 0.250 e. The van der Waals surface area contributed by atoms with E-state index in [4.69, 9.17) is 17.3 Å². The van der Waals surface area contributed by atoms with Crippen molar-refractivity contribution in [3.8, 4) is 0 Å². The molecule has 0 aromatic heterocycles. The lowest BCUT2D eigenvalue weighted by Gasteiger charge is -2.29. The van der Waals surface area contributed by atoms with Crippen LogP contribution in [0.15, 0.2) is 18.2 Å². The Morgan fingerprint density at radius 2 is 2.12 bits per heavy atom. The Balaban J connectivity index is 2.47. The van der Waals surface area contributed by atoms with Crippen molar-refractivity contribution in [1.29, 1.82) is 0 Å². The van der Waals surface area contributed by atoms with Gasteiger partial charge in [-0.2, -0.15) is 0 Å². The molecule has 1 aromatic rings. The Labute approximate surface area is 104 Å². The first kappa shape index (κ1) is 12.1. The molecular formula is C12H13ClN2O2. The second kappa shape index (κ2) is 4.47. The molecule has 2 N–H and O–H groups in total. The highest BCUT2D eigenvalue weighted by Crippen LogP contribution is 2.29. The summed E-state index contributed by atoms with van der Waals surface area (Å²) in [4.78, 5) is 24.9. The Morgan fingerprint density at radius 3 is 2.82 bits per heavy atom. The molecule has 1 aliphatic rings. The molecule has 0 bridgehead atoms. The molecule has 1 atom stereocenters. The van der Waals surface area contributed by atoms with Gasteiger partial charge in [0.15, 0.2) is 0 Å². The summed E-state index contributed by atoms with van der Waals surface area (Å²) in [5.74, 6) is -0.575. The van der Waals surface area contributed by atoms with Gasteiger partial charge < -0.3 is 5.73 Å². The number of amides is 2. The summed E-state index contributed by atoms with van der Waals surface area (Å²) in [6.07, 6.45) is 0.701. The summed E-state index contributed by atoms with van der Waals surface area (Å²) < 4.78 is 0. The largest absolute Gasteiger partial charge is 0.320 e. The van der Waals surface area contributed by atoms with E-state index in [1.165, 1.54) is 0 Å². The number of rotatable bonds is 1. The number of hydrogen-bond acceptors (Lipinski definition) is 3. The highest BCUT2D eigenvalue weighted by molar-refractivity contribution is 6.32. The number of carbonyl (C=O) groups excluding carboxylic acids is 2. The maximum absolute atomic E-state index is 11.9. The third-order valence-electron chi connectivity index (χ3n) is 2.94. The van der Waals surface area contributed by atoms with Crippen molar-refractivity contribution in [2.45, 2.75) is 25.8 Å². The lowest BCUT2D eigenvalue weighted by Crippen LogP contribution is -2.51. The predicted octanol–water partition coefficient (Wildman–Crippen LogP) is 1.63. The van der Waals surface area contributed by atoms with E-state index in [2.05, 4.69) is 0 Å². The van der Waals surface area contributed by atoms with Crippen LogP contribution in [0.1, 0.15) is 18.4 Å². The fraction of sp³-hybridized carbons (Fsp3) is 0.333. The van der Waals surface area contributed by atoms with Crippen LogP contribution in [-0.4, -0.2) is 17.9 Å². The minimum Gasteiger partial charge on any atom is -0.320 e. The topological polar surface area (TPSA) is 63.4 Å². The number of piperidine rings is 1. The first-order valence-corrected chi connectivity index (χ1v) is 5.77. The molecule has 1 unspecified atom stereocenters. The number of hydrogen-bond donors (Lipinski definition) is 1. The van der Waals surface area contributed by atoms with Crippen molar-refractivity contribution in [2.75, 3.05) is 4.90 Å². The first-order chi connectivity index (χ1) is 8.02. The van der Waals surface area contributed by atoms with Crippen LogP contribution in [0.25, 0.3) is 0 Å². The number of nitrogens with zero attached hydrogens (tertiary/aromatic N) is 1. The van der Waals surface area contributed by atoms with Gasteiger partial charge in [0.05, 0.1) is 11.7 Å². The van der Waals surface area contributed by atoms with E-state index in [-0.39, 0.29) is 11.8 Å². The maximum atomic E-state index is 11.9. The van der Waals surface area contributed by atoms with Gasteiger partial charge >= 0.3 is 0 Å². The second-order valence-electron chi connectivity index (χ2n) is 4.10. The van der Waals surface area contributed by atoms with Crippen LogP contribution in [0, 0.1) is 6.92 Å². The van der Waals surface area contributed by atoms with Crippen molar-refractivity contribution in [3.63, 3.8) is 0 Å². The quantitative estimate of drug-likeness (QED) is 0.773. The fourth-order valence-corrected chi connectivity index (χ4v) is 2.06. The highest BCUT2D eigenvalue weighted by Gasteiger charge is 2.33. The van der Waals surface area contributed by atoms with Crippen LogP contribution < -0.4 is 10.6 Å². The summed E-state index contributed by atoms with van der Waals surface area (Å²) in [6.45, 7) is 1.78. The number of halogens is 1. The lowest BCUT2D eigenvalue weighted by atomic mass is 10.0. The minimum absolute atomic E-state index is 0.220. The summed E-state index contributed by atoms with van der Waals surface area (Å²) >= 11 is 5.98. The van der Waals surface area contributed by atoms with Gasteiger partial charge in [0.2, 0.25) is 5.91 Å². The summed E-state index contributed by atoms with van der Waals surface area (Å²) in [7, 11) is 0.